The van der Waals surface area contributed by atoms with E-state index in [4.69, 9.17) is 9.47 Å². The molecule has 1 heterocycles. The van der Waals surface area contributed by atoms with Gasteiger partial charge in [-0.25, -0.2) is 4.39 Å². The van der Waals surface area contributed by atoms with Gasteiger partial charge in [0, 0.05) is 19.2 Å². The van der Waals surface area contributed by atoms with E-state index in [-0.39, 0.29) is 18.5 Å². The molecule has 0 aliphatic carbocycles. The number of ether oxygens (including phenoxy) is 2. The predicted octanol–water partition coefficient (Wildman–Crippen LogP) is 2.94. The Labute approximate surface area is 157 Å². The summed E-state index contributed by atoms with van der Waals surface area (Å²) in [6.45, 7) is 0.685. The third-order valence-electron chi connectivity index (χ3n) is 5.03. The molecule has 5 nitrogen and oxygen atoms in total. The first-order valence-corrected chi connectivity index (χ1v) is 8.85. The number of amides is 1. The molecule has 0 atom stereocenters. The quantitative estimate of drug-likeness (QED) is 0.759. The molecular weight excluding hydrogens is 349 g/mol. The average Bonchev–Trinajstić information content (AvgIpc) is 2.72. The Morgan fingerprint density at radius 3 is 2.41 bits per heavy atom. The Bertz CT molecular complexity index is 801. The lowest BCUT2D eigenvalue weighted by Gasteiger charge is -2.40. The molecule has 1 saturated heterocycles. The molecule has 0 unspecified atom stereocenters. The first-order valence-electron chi connectivity index (χ1n) is 8.85. The number of hydrogen-bond donors (Lipinski definition) is 0. The van der Waals surface area contributed by atoms with Crippen LogP contribution in [0.25, 0.3) is 0 Å². The Morgan fingerprint density at radius 2 is 1.78 bits per heavy atom. The molecule has 0 N–H and O–H groups in total. The number of halogens is 1. The maximum absolute atomic E-state index is 13.2. The van der Waals surface area contributed by atoms with Gasteiger partial charge in [0.15, 0.2) is 6.61 Å². The molecule has 0 bridgehead atoms. The largest absolute Gasteiger partial charge is 0.484 e. The third kappa shape index (κ3) is 4.10. The summed E-state index contributed by atoms with van der Waals surface area (Å²) >= 11 is 0. The molecule has 6 heteroatoms. The second-order valence-corrected chi connectivity index (χ2v) is 6.57. The van der Waals surface area contributed by atoms with Gasteiger partial charge >= 0.3 is 5.97 Å². The number of carbonyl (C=O) groups excluding carboxylic acids is 2. The molecule has 27 heavy (non-hydrogen) atoms. The summed E-state index contributed by atoms with van der Waals surface area (Å²) in [5.74, 6) is -0.570. The maximum Gasteiger partial charge on any atom is 0.316 e. The SMILES string of the molecule is COC(=O)C1(c2ccccc2)CCN(C(=O)COc2cccc(F)c2)CC1. The molecule has 3 rings (SSSR count). The second-order valence-electron chi connectivity index (χ2n) is 6.57. The monoisotopic (exact) mass is 371 g/mol. The van der Waals surface area contributed by atoms with Crippen molar-refractivity contribution in [3.63, 3.8) is 0 Å². The zero-order valence-corrected chi connectivity index (χ0v) is 15.2. The third-order valence-corrected chi connectivity index (χ3v) is 5.03. The van der Waals surface area contributed by atoms with E-state index in [0.29, 0.717) is 31.7 Å². The highest BCUT2D eigenvalue weighted by Crippen LogP contribution is 2.36. The van der Waals surface area contributed by atoms with Gasteiger partial charge < -0.3 is 14.4 Å². The fourth-order valence-electron chi connectivity index (χ4n) is 3.49. The smallest absolute Gasteiger partial charge is 0.316 e. The van der Waals surface area contributed by atoms with Gasteiger partial charge in [0.1, 0.15) is 11.6 Å². The standard InChI is InChI=1S/C21H22FNO4/c1-26-20(25)21(16-6-3-2-4-7-16)10-12-23(13-11-21)19(24)15-27-18-9-5-8-17(22)14-18/h2-9,14H,10-13,15H2,1H3. The highest BCUT2D eigenvalue weighted by atomic mass is 19.1. The molecule has 2 aromatic carbocycles. The number of esters is 1. The van der Waals surface area contributed by atoms with Crippen molar-refractivity contribution in [3.05, 3.63) is 66.0 Å². The highest BCUT2D eigenvalue weighted by molar-refractivity contribution is 5.84. The zero-order chi connectivity index (χ0) is 19.3. The predicted molar refractivity (Wildman–Crippen MR) is 97.8 cm³/mol. The summed E-state index contributed by atoms with van der Waals surface area (Å²) in [4.78, 5) is 26.6. The van der Waals surface area contributed by atoms with Crippen molar-refractivity contribution in [1.29, 1.82) is 0 Å². The Kier molecular flexibility index (Phi) is 5.74. The van der Waals surface area contributed by atoms with E-state index in [1.54, 1.807) is 11.0 Å². The van der Waals surface area contributed by atoms with Gasteiger partial charge in [0.2, 0.25) is 0 Å². The van der Waals surface area contributed by atoms with Gasteiger partial charge in [-0.1, -0.05) is 36.4 Å². The van der Waals surface area contributed by atoms with Crippen molar-refractivity contribution >= 4 is 11.9 Å². The molecular formula is C21H22FNO4. The van der Waals surface area contributed by atoms with E-state index in [1.165, 1.54) is 25.3 Å². The molecule has 1 aliphatic rings. The van der Waals surface area contributed by atoms with E-state index in [2.05, 4.69) is 0 Å². The summed E-state index contributed by atoms with van der Waals surface area (Å²) in [5, 5.41) is 0. The van der Waals surface area contributed by atoms with Gasteiger partial charge in [-0.05, 0) is 30.5 Å². The molecule has 1 amide bonds. The molecule has 0 radical (unpaired) electrons. The summed E-state index contributed by atoms with van der Waals surface area (Å²) < 4.78 is 23.6. The minimum absolute atomic E-state index is 0.167. The van der Waals surface area contributed by atoms with E-state index in [1.807, 2.05) is 30.3 Å². The van der Waals surface area contributed by atoms with Crippen LogP contribution in [0.1, 0.15) is 18.4 Å². The van der Waals surface area contributed by atoms with E-state index < -0.39 is 11.2 Å². The van der Waals surface area contributed by atoms with Gasteiger partial charge in [-0.2, -0.15) is 0 Å². The second kappa shape index (κ2) is 8.20. The van der Waals surface area contributed by atoms with Gasteiger partial charge in [-0.3, -0.25) is 9.59 Å². The summed E-state index contributed by atoms with van der Waals surface area (Å²) in [5.41, 5.74) is 0.163. The first kappa shape index (κ1) is 18.9. The maximum atomic E-state index is 13.2. The van der Waals surface area contributed by atoms with Crippen LogP contribution in [0.4, 0.5) is 4.39 Å². The lowest BCUT2D eigenvalue weighted by molar-refractivity contribution is -0.151. The van der Waals surface area contributed by atoms with Crippen LogP contribution in [-0.4, -0.2) is 43.6 Å². The van der Waals surface area contributed by atoms with Crippen LogP contribution in [0.2, 0.25) is 0 Å². The zero-order valence-electron chi connectivity index (χ0n) is 15.2. The van der Waals surface area contributed by atoms with Crippen molar-refractivity contribution in [3.8, 4) is 5.75 Å². The van der Waals surface area contributed by atoms with Crippen LogP contribution in [0.3, 0.4) is 0 Å². The molecule has 0 saturated carbocycles. The van der Waals surface area contributed by atoms with Gasteiger partial charge in [-0.15, -0.1) is 0 Å². The topological polar surface area (TPSA) is 55.8 Å². The number of benzene rings is 2. The minimum atomic E-state index is -0.740. The van der Waals surface area contributed by atoms with Crippen molar-refractivity contribution in [1.82, 2.24) is 4.90 Å². The Hall–Kier alpha value is -2.89. The molecule has 2 aromatic rings. The lowest BCUT2D eigenvalue weighted by Crippen LogP contribution is -2.50. The van der Waals surface area contributed by atoms with Crippen molar-refractivity contribution in [2.45, 2.75) is 18.3 Å². The number of piperidine rings is 1. The number of hydrogen-bond acceptors (Lipinski definition) is 4. The summed E-state index contributed by atoms with van der Waals surface area (Å²) in [6, 6.07) is 15.2. The number of likely N-dealkylation sites (tertiary alicyclic amines) is 1. The Morgan fingerprint density at radius 1 is 1.07 bits per heavy atom. The fourth-order valence-corrected chi connectivity index (χ4v) is 3.49. The molecule has 1 fully saturated rings. The highest BCUT2D eigenvalue weighted by Gasteiger charge is 2.44. The number of carbonyl (C=O) groups is 2. The Balaban J connectivity index is 1.64. The molecule has 0 aromatic heterocycles. The van der Waals surface area contributed by atoms with Crippen LogP contribution in [-0.2, 0) is 19.7 Å². The van der Waals surface area contributed by atoms with Crippen LogP contribution >= 0.6 is 0 Å². The van der Waals surface area contributed by atoms with Crippen molar-refractivity contribution in [2.24, 2.45) is 0 Å². The number of rotatable bonds is 5. The fraction of sp³-hybridized carbons (Fsp3) is 0.333. The summed E-state index contributed by atoms with van der Waals surface area (Å²) in [6.07, 6.45) is 0.963. The number of nitrogens with zero attached hydrogens (tertiary/aromatic N) is 1. The van der Waals surface area contributed by atoms with Gasteiger partial charge in [0.25, 0.3) is 5.91 Å². The summed E-state index contributed by atoms with van der Waals surface area (Å²) in [7, 11) is 1.39. The van der Waals surface area contributed by atoms with Crippen LogP contribution in [0.15, 0.2) is 54.6 Å². The molecule has 142 valence electrons. The first-order chi connectivity index (χ1) is 13.0. The van der Waals surface area contributed by atoms with E-state index in [0.717, 1.165) is 5.56 Å². The van der Waals surface area contributed by atoms with E-state index in [9.17, 15) is 14.0 Å². The average molecular weight is 371 g/mol. The molecule has 1 aliphatic heterocycles. The van der Waals surface area contributed by atoms with Crippen LogP contribution in [0, 0.1) is 5.82 Å². The lowest BCUT2D eigenvalue weighted by atomic mass is 9.72. The minimum Gasteiger partial charge on any atom is -0.484 e. The van der Waals surface area contributed by atoms with E-state index >= 15 is 0 Å². The number of methoxy groups -OCH3 is 1. The van der Waals surface area contributed by atoms with Crippen LogP contribution < -0.4 is 4.74 Å². The van der Waals surface area contributed by atoms with Crippen molar-refractivity contribution < 1.29 is 23.5 Å². The van der Waals surface area contributed by atoms with Crippen molar-refractivity contribution in [2.75, 3.05) is 26.8 Å². The van der Waals surface area contributed by atoms with Crippen LogP contribution in [0.5, 0.6) is 5.75 Å². The normalized spacial score (nSPS) is 15.9. The van der Waals surface area contributed by atoms with Gasteiger partial charge in [0.05, 0.1) is 12.5 Å². The molecule has 0 spiro atoms.